The van der Waals surface area contributed by atoms with Crippen molar-refractivity contribution in [3.8, 4) is 0 Å². The summed E-state index contributed by atoms with van der Waals surface area (Å²) in [5, 5.41) is 13.8. The molecule has 1 heterocycles. The van der Waals surface area contributed by atoms with Gasteiger partial charge in [0.05, 0.1) is 11.5 Å². The number of nitrogens with one attached hydrogen (secondary N) is 1. The minimum Gasteiger partial charge on any atom is -0.355 e. The fourth-order valence-electron chi connectivity index (χ4n) is 2.55. The maximum absolute atomic E-state index is 12.5. The van der Waals surface area contributed by atoms with Gasteiger partial charge in [-0.3, -0.25) is 24.6 Å². The van der Waals surface area contributed by atoms with E-state index in [0.717, 1.165) is 0 Å². The van der Waals surface area contributed by atoms with Crippen LogP contribution in [0.15, 0.2) is 24.3 Å². The lowest BCUT2D eigenvalue weighted by Gasteiger charge is -2.34. The molecule has 124 valence electrons. The highest BCUT2D eigenvalue weighted by Crippen LogP contribution is 2.20. The minimum absolute atomic E-state index is 0.0361. The van der Waals surface area contributed by atoms with Crippen molar-refractivity contribution in [2.24, 2.45) is 0 Å². The third-order valence-electron chi connectivity index (χ3n) is 3.73. The summed E-state index contributed by atoms with van der Waals surface area (Å²) in [5.74, 6) is -0.374. The second-order valence-electron chi connectivity index (χ2n) is 5.30. The lowest BCUT2D eigenvalue weighted by molar-refractivity contribution is -0.385. The van der Waals surface area contributed by atoms with Gasteiger partial charge in [-0.25, -0.2) is 0 Å². The number of amides is 2. The number of carbonyl (C=O) groups excluding carboxylic acids is 2. The zero-order valence-electron chi connectivity index (χ0n) is 13.0. The lowest BCUT2D eigenvalue weighted by atomic mass is 10.1. The number of hydrogen-bond donors (Lipinski definition) is 1. The highest BCUT2D eigenvalue weighted by atomic mass is 16.6. The zero-order valence-corrected chi connectivity index (χ0v) is 13.0. The molecule has 1 aromatic rings. The number of hydrogen-bond acceptors (Lipinski definition) is 5. The predicted octanol–water partition coefficient (Wildman–Crippen LogP) is 0.489. The van der Waals surface area contributed by atoms with Crippen molar-refractivity contribution in [2.75, 3.05) is 39.3 Å². The van der Waals surface area contributed by atoms with E-state index in [0.29, 0.717) is 39.3 Å². The molecule has 1 aromatic carbocycles. The molecule has 2 amide bonds. The number of para-hydroxylation sites is 1. The second-order valence-corrected chi connectivity index (χ2v) is 5.30. The molecule has 0 saturated carbocycles. The molecule has 23 heavy (non-hydrogen) atoms. The summed E-state index contributed by atoms with van der Waals surface area (Å²) in [4.78, 5) is 38.1. The summed E-state index contributed by atoms with van der Waals surface area (Å²) in [7, 11) is 0. The Kier molecular flexibility index (Phi) is 5.64. The zero-order chi connectivity index (χ0) is 16.8. The summed E-state index contributed by atoms with van der Waals surface area (Å²) in [6, 6.07) is 5.96. The molecule has 0 bridgehead atoms. The van der Waals surface area contributed by atoms with Crippen LogP contribution in [-0.4, -0.2) is 65.8 Å². The highest BCUT2D eigenvalue weighted by Gasteiger charge is 2.27. The molecule has 0 atom stereocenters. The first-order chi connectivity index (χ1) is 11.0. The van der Waals surface area contributed by atoms with Gasteiger partial charge in [0.25, 0.3) is 11.6 Å². The molecule has 1 fully saturated rings. The van der Waals surface area contributed by atoms with E-state index in [1.54, 1.807) is 17.0 Å². The van der Waals surface area contributed by atoms with Crippen LogP contribution in [0.25, 0.3) is 0 Å². The number of likely N-dealkylation sites (N-methyl/N-ethyl adjacent to an activating group) is 1. The maximum Gasteiger partial charge on any atom is 0.282 e. The molecular weight excluding hydrogens is 300 g/mol. The lowest BCUT2D eigenvalue weighted by Crippen LogP contribution is -2.51. The Morgan fingerprint density at radius 2 is 1.87 bits per heavy atom. The second kappa shape index (κ2) is 7.68. The van der Waals surface area contributed by atoms with E-state index in [9.17, 15) is 19.7 Å². The van der Waals surface area contributed by atoms with Gasteiger partial charge in [-0.1, -0.05) is 12.1 Å². The van der Waals surface area contributed by atoms with E-state index in [1.807, 2.05) is 11.8 Å². The van der Waals surface area contributed by atoms with Gasteiger partial charge in [0.2, 0.25) is 5.91 Å². The summed E-state index contributed by atoms with van der Waals surface area (Å²) >= 11 is 0. The number of piperazine rings is 1. The van der Waals surface area contributed by atoms with Gasteiger partial charge in [-0.05, 0) is 13.0 Å². The van der Waals surface area contributed by atoms with Crippen molar-refractivity contribution in [1.82, 2.24) is 15.1 Å². The molecule has 1 aliphatic heterocycles. The van der Waals surface area contributed by atoms with Crippen molar-refractivity contribution < 1.29 is 14.5 Å². The van der Waals surface area contributed by atoms with Crippen LogP contribution >= 0.6 is 0 Å². The van der Waals surface area contributed by atoms with Crippen LogP contribution in [0.3, 0.4) is 0 Å². The van der Waals surface area contributed by atoms with E-state index in [4.69, 9.17) is 0 Å². The molecule has 0 radical (unpaired) electrons. The van der Waals surface area contributed by atoms with E-state index in [1.165, 1.54) is 12.1 Å². The van der Waals surface area contributed by atoms with Crippen LogP contribution in [-0.2, 0) is 4.79 Å². The van der Waals surface area contributed by atoms with Crippen molar-refractivity contribution in [3.63, 3.8) is 0 Å². The van der Waals surface area contributed by atoms with Gasteiger partial charge < -0.3 is 10.2 Å². The fourth-order valence-corrected chi connectivity index (χ4v) is 2.55. The highest BCUT2D eigenvalue weighted by molar-refractivity contribution is 5.98. The molecule has 2 rings (SSSR count). The molecular formula is C15H20N4O4. The van der Waals surface area contributed by atoms with Crippen LogP contribution in [0.1, 0.15) is 17.3 Å². The Labute approximate surface area is 134 Å². The maximum atomic E-state index is 12.5. The van der Waals surface area contributed by atoms with Crippen LogP contribution in [0.2, 0.25) is 0 Å². The molecule has 1 aliphatic rings. The number of nitro benzene ring substituents is 1. The Hall–Kier alpha value is -2.48. The van der Waals surface area contributed by atoms with Gasteiger partial charge in [0.15, 0.2) is 0 Å². The SMILES string of the molecule is CCNC(=O)CN1CCN(C(=O)c2ccccc2[N+](=O)[O-])CC1. The quantitative estimate of drug-likeness (QED) is 0.629. The smallest absolute Gasteiger partial charge is 0.282 e. The van der Waals surface area contributed by atoms with Gasteiger partial charge in [-0.2, -0.15) is 0 Å². The van der Waals surface area contributed by atoms with Gasteiger partial charge in [-0.15, -0.1) is 0 Å². The predicted molar refractivity (Wildman–Crippen MR) is 84.1 cm³/mol. The van der Waals surface area contributed by atoms with Crippen molar-refractivity contribution in [1.29, 1.82) is 0 Å². The topological polar surface area (TPSA) is 95.8 Å². The first-order valence-corrected chi connectivity index (χ1v) is 7.54. The summed E-state index contributed by atoms with van der Waals surface area (Å²) in [6.07, 6.45) is 0. The number of nitro groups is 1. The van der Waals surface area contributed by atoms with E-state index < -0.39 is 4.92 Å². The number of benzene rings is 1. The summed E-state index contributed by atoms with van der Waals surface area (Å²) in [6.45, 7) is 4.80. The van der Waals surface area contributed by atoms with Crippen LogP contribution in [0.5, 0.6) is 0 Å². The molecule has 1 N–H and O–H groups in total. The van der Waals surface area contributed by atoms with Crippen molar-refractivity contribution >= 4 is 17.5 Å². The Morgan fingerprint density at radius 3 is 2.48 bits per heavy atom. The largest absolute Gasteiger partial charge is 0.355 e. The molecule has 0 aliphatic carbocycles. The van der Waals surface area contributed by atoms with Gasteiger partial charge in [0, 0.05) is 38.8 Å². The normalized spacial score (nSPS) is 15.3. The van der Waals surface area contributed by atoms with Crippen LogP contribution in [0.4, 0.5) is 5.69 Å². The molecule has 0 unspecified atom stereocenters. The van der Waals surface area contributed by atoms with E-state index in [2.05, 4.69) is 5.32 Å². The van der Waals surface area contributed by atoms with Crippen molar-refractivity contribution in [3.05, 3.63) is 39.9 Å². The standard InChI is InChI=1S/C15H20N4O4/c1-2-16-14(20)11-17-7-9-18(10-8-17)15(21)12-5-3-4-6-13(12)19(22)23/h3-6H,2,7-11H2,1H3,(H,16,20). The Bertz CT molecular complexity index is 597. The summed E-state index contributed by atoms with van der Waals surface area (Å²) < 4.78 is 0. The number of rotatable bonds is 5. The Balaban J connectivity index is 1.96. The van der Waals surface area contributed by atoms with Gasteiger partial charge in [0.1, 0.15) is 5.56 Å². The molecule has 0 aromatic heterocycles. The van der Waals surface area contributed by atoms with Crippen LogP contribution in [0, 0.1) is 10.1 Å². The van der Waals surface area contributed by atoms with E-state index in [-0.39, 0.29) is 23.1 Å². The average Bonchev–Trinajstić information content (AvgIpc) is 2.55. The average molecular weight is 320 g/mol. The van der Waals surface area contributed by atoms with Gasteiger partial charge >= 0.3 is 0 Å². The van der Waals surface area contributed by atoms with Crippen LogP contribution < -0.4 is 5.32 Å². The molecule has 8 nitrogen and oxygen atoms in total. The number of nitrogens with zero attached hydrogens (tertiary/aromatic N) is 3. The number of carbonyl (C=O) groups is 2. The third kappa shape index (κ3) is 4.26. The summed E-state index contributed by atoms with van der Waals surface area (Å²) in [5.41, 5.74) is -0.0723. The molecule has 8 heteroatoms. The van der Waals surface area contributed by atoms with E-state index >= 15 is 0 Å². The molecule has 0 spiro atoms. The first kappa shape index (κ1) is 16.9. The Morgan fingerprint density at radius 1 is 1.22 bits per heavy atom. The minimum atomic E-state index is -0.543. The third-order valence-corrected chi connectivity index (χ3v) is 3.73. The fraction of sp³-hybridized carbons (Fsp3) is 0.467. The first-order valence-electron chi connectivity index (χ1n) is 7.54. The molecule has 1 saturated heterocycles. The van der Waals surface area contributed by atoms with Crippen molar-refractivity contribution in [2.45, 2.75) is 6.92 Å². The monoisotopic (exact) mass is 320 g/mol.